The number of hydrogen-bond donors (Lipinski definition) is 1. The SMILES string of the molecule is O=C(O)c1ccc2c(c1)CCN2C(=O)N1CC=CCC1. The van der Waals surface area contributed by atoms with Crippen molar-refractivity contribution in [3.05, 3.63) is 41.5 Å². The molecule has 1 N–H and O–H groups in total. The molecule has 1 aromatic carbocycles. The summed E-state index contributed by atoms with van der Waals surface area (Å²) in [7, 11) is 0. The molecule has 20 heavy (non-hydrogen) atoms. The lowest BCUT2D eigenvalue weighted by Gasteiger charge is -2.29. The lowest BCUT2D eigenvalue weighted by Crippen LogP contribution is -2.44. The molecule has 3 rings (SSSR count). The molecule has 0 bridgehead atoms. The largest absolute Gasteiger partial charge is 0.478 e. The zero-order valence-corrected chi connectivity index (χ0v) is 11.1. The van der Waals surface area contributed by atoms with Gasteiger partial charge in [-0.05, 0) is 36.6 Å². The molecule has 0 unspecified atom stereocenters. The summed E-state index contributed by atoms with van der Waals surface area (Å²) < 4.78 is 0. The highest BCUT2D eigenvalue weighted by Crippen LogP contribution is 2.30. The Hall–Kier alpha value is -2.30. The van der Waals surface area contributed by atoms with Gasteiger partial charge in [0.2, 0.25) is 0 Å². The molecule has 2 amide bonds. The zero-order valence-electron chi connectivity index (χ0n) is 11.1. The van der Waals surface area contributed by atoms with Crippen LogP contribution in [0.4, 0.5) is 10.5 Å². The van der Waals surface area contributed by atoms with Crippen LogP contribution in [0.2, 0.25) is 0 Å². The van der Waals surface area contributed by atoms with Crippen LogP contribution in [0.15, 0.2) is 30.4 Å². The van der Waals surface area contributed by atoms with Crippen LogP contribution in [0.3, 0.4) is 0 Å². The van der Waals surface area contributed by atoms with Crippen LogP contribution < -0.4 is 4.90 Å². The van der Waals surface area contributed by atoms with Gasteiger partial charge in [-0.1, -0.05) is 12.2 Å². The molecule has 0 saturated heterocycles. The third-order valence-corrected chi connectivity index (χ3v) is 3.78. The normalized spacial score (nSPS) is 17.2. The summed E-state index contributed by atoms with van der Waals surface area (Å²) in [5.74, 6) is -0.932. The quantitative estimate of drug-likeness (QED) is 0.797. The van der Waals surface area contributed by atoms with Gasteiger partial charge in [0.15, 0.2) is 0 Å². The predicted octanol–water partition coefficient (Wildman–Crippen LogP) is 2.13. The standard InChI is InChI=1S/C15H16N2O3/c18-14(19)12-4-5-13-11(10-12)6-9-17(13)15(20)16-7-2-1-3-8-16/h1-2,4-5,10H,3,6-9H2,(H,18,19). The Morgan fingerprint density at radius 3 is 2.70 bits per heavy atom. The van der Waals surface area contributed by atoms with Crippen molar-refractivity contribution in [3.8, 4) is 0 Å². The van der Waals surface area contributed by atoms with E-state index in [0.29, 0.717) is 19.5 Å². The Morgan fingerprint density at radius 2 is 2.00 bits per heavy atom. The predicted molar refractivity (Wildman–Crippen MR) is 75.2 cm³/mol. The van der Waals surface area contributed by atoms with E-state index in [-0.39, 0.29) is 11.6 Å². The third-order valence-electron chi connectivity index (χ3n) is 3.78. The van der Waals surface area contributed by atoms with E-state index >= 15 is 0 Å². The van der Waals surface area contributed by atoms with Crippen LogP contribution in [0.1, 0.15) is 22.3 Å². The number of carbonyl (C=O) groups excluding carboxylic acids is 1. The number of rotatable bonds is 1. The summed E-state index contributed by atoms with van der Waals surface area (Å²) in [6.45, 7) is 2.02. The number of urea groups is 1. The summed E-state index contributed by atoms with van der Waals surface area (Å²) in [5.41, 5.74) is 2.05. The van der Waals surface area contributed by atoms with Gasteiger partial charge in [0.25, 0.3) is 0 Å². The molecule has 2 heterocycles. The van der Waals surface area contributed by atoms with Gasteiger partial charge < -0.3 is 10.0 Å². The second-order valence-electron chi connectivity index (χ2n) is 5.04. The Balaban J connectivity index is 1.83. The second kappa shape index (κ2) is 5.00. The summed E-state index contributed by atoms with van der Waals surface area (Å²) >= 11 is 0. The van der Waals surface area contributed by atoms with Crippen LogP contribution in [0.5, 0.6) is 0 Å². The van der Waals surface area contributed by atoms with Crippen molar-refractivity contribution in [3.63, 3.8) is 0 Å². The van der Waals surface area contributed by atoms with E-state index in [1.54, 1.807) is 23.1 Å². The third kappa shape index (κ3) is 2.15. The molecule has 5 nitrogen and oxygen atoms in total. The number of carbonyl (C=O) groups is 2. The Kier molecular flexibility index (Phi) is 3.18. The summed E-state index contributed by atoms with van der Waals surface area (Å²) in [4.78, 5) is 27.0. The van der Waals surface area contributed by atoms with Gasteiger partial charge in [0.1, 0.15) is 0 Å². The zero-order chi connectivity index (χ0) is 14.1. The van der Waals surface area contributed by atoms with Crippen molar-refractivity contribution < 1.29 is 14.7 Å². The van der Waals surface area contributed by atoms with E-state index in [1.807, 2.05) is 11.0 Å². The van der Waals surface area contributed by atoms with Crippen molar-refractivity contribution >= 4 is 17.7 Å². The van der Waals surface area contributed by atoms with Gasteiger partial charge in [-0.15, -0.1) is 0 Å². The van der Waals surface area contributed by atoms with Crippen molar-refractivity contribution in [1.82, 2.24) is 4.90 Å². The topological polar surface area (TPSA) is 60.9 Å². The molecular weight excluding hydrogens is 256 g/mol. The number of hydrogen-bond acceptors (Lipinski definition) is 2. The lowest BCUT2D eigenvalue weighted by atomic mass is 10.1. The molecule has 2 aliphatic heterocycles. The van der Waals surface area contributed by atoms with E-state index in [0.717, 1.165) is 24.2 Å². The van der Waals surface area contributed by atoms with Gasteiger partial charge in [-0.25, -0.2) is 9.59 Å². The molecule has 5 heteroatoms. The highest BCUT2D eigenvalue weighted by Gasteiger charge is 2.28. The number of fused-ring (bicyclic) bond motifs is 1. The monoisotopic (exact) mass is 272 g/mol. The van der Waals surface area contributed by atoms with Crippen molar-refractivity contribution in [2.45, 2.75) is 12.8 Å². The van der Waals surface area contributed by atoms with Crippen LogP contribution >= 0.6 is 0 Å². The molecule has 0 radical (unpaired) electrons. The minimum Gasteiger partial charge on any atom is -0.478 e. The number of benzene rings is 1. The number of anilines is 1. The molecule has 0 aliphatic carbocycles. The maximum Gasteiger partial charge on any atom is 0.335 e. The highest BCUT2D eigenvalue weighted by atomic mass is 16.4. The molecule has 0 fully saturated rings. The fourth-order valence-electron chi connectivity index (χ4n) is 2.72. The Bertz CT molecular complexity index is 595. The highest BCUT2D eigenvalue weighted by molar-refractivity contribution is 5.96. The maximum atomic E-state index is 12.5. The van der Waals surface area contributed by atoms with Crippen LogP contribution in [0.25, 0.3) is 0 Å². The van der Waals surface area contributed by atoms with Gasteiger partial charge in [0.05, 0.1) is 5.56 Å². The first-order valence-corrected chi connectivity index (χ1v) is 6.74. The van der Waals surface area contributed by atoms with Crippen molar-refractivity contribution in [1.29, 1.82) is 0 Å². The second-order valence-corrected chi connectivity index (χ2v) is 5.04. The molecule has 104 valence electrons. The number of carboxylic acid groups (broad SMARTS) is 1. The summed E-state index contributed by atoms with van der Waals surface area (Å²) in [6, 6.07) is 4.98. The van der Waals surface area contributed by atoms with Gasteiger partial charge >= 0.3 is 12.0 Å². The van der Waals surface area contributed by atoms with Crippen molar-refractivity contribution in [2.24, 2.45) is 0 Å². The Labute approximate surface area is 117 Å². The van der Waals surface area contributed by atoms with E-state index < -0.39 is 5.97 Å². The van der Waals surface area contributed by atoms with Gasteiger partial charge in [0, 0.05) is 25.3 Å². The van der Waals surface area contributed by atoms with E-state index in [4.69, 9.17) is 5.11 Å². The van der Waals surface area contributed by atoms with E-state index in [2.05, 4.69) is 6.08 Å². The van der Waals surface area contributed by atoms with Gasteiger partial charge in [-0.3, -0.25) is 4.90 Å². The van der Waals surface area contributed by atoms with Crippen molar-refractivity contribution in [2.75, 3.05) is 24.5 Å². The molecule has 1 aromatic rings. The average Bonchev–Trinajstić information content (AvgIpc) is 2.90. The van der Waals surface area contributed by atoms with E-state index in [1.165, 1.54) is 0 Å². The first-order chi connectivity index (χ1) is 9.66. The molecule has 0 atom stereocenters. The van der Waals surface area contributed by atoms with E-state index in [9.17, 15) is 9.59 Å². The van der Waals surface area contributed by atoms with Crippen LogP contribution in [-0.4, -0.2) is 41.6 Å². The molecule has 0 aromatic heterocycles. The number of nitrogens with zero attached hydrogens (tertiary/aromatic N) is 2. The number of aromatic carboxylic acids is 1. The minimum absolute atomic E-state index is 0.0103. The minimum atomic E-state index is -0.932. The average molecular weight is 272 g/mol. The number of amides is 2. The first kappa shape index (κ1) is 12.7. The summed E-state index contributed by atoms with van der Waals surface area (Å²) in [6.07, 6.45) is 5.70. The molecule has 0 spiro atoms. The van der Waals surface area contributed by atoms with Crippen LogP contribution in [-0.2, 0) is 6.42 Å². The van der Waals surface area contributed by atoms with Crippen LogP contribution in [0, 0.1) is 0 Å². The maximum absolute atomic E-state index is 12.5. The smallest absolute Gasteiger partial charge is 0.335 e. The fourth-order valence-corrected chi connectivity index (χ4v) is 2.72. The Morgan fingerprint density at radius 1 is 1.15 bits per heavy atom. The number of carboxylic acids is 1. The molecule has 2 aliphatic rings. The van der Waals surface area contributed by atoms with Gasteiger partial charge in [-0.2, -0.15) is 0 Å². The first-order valence-electron chi connectivity index (χ1n) is 6.74. The molecule has 0 saturated carbocycles. The lowest BCUT2D eigenvalue weighted by molar-refractivity contribution is 0.0697. The molecular formula is C15H16N2O3. The summed E-state index contributed by atoms with van der Waals surface area (Å²) in [5, 5.41) is 9.00. The fraction of sp³-hybridized carbons (Fsp3) is 0.333.